The van der Waals surface area contributed by atoms with E-state index in [1.165, 1.54) is 6.42 Å². The van der Waals surface area contributed by atoms with Gasteiger partial charge >= 0.3 is 0 Å². The number of rotatable bonds is 4. The van der Waals surface area contributed by atoms with E-state index in [1.807, 2.05) is 35.2 Å². The highest BCUT2D eigenvalue weighted by Gasteiger charge is 2.40. The van der Waals surface area contributed by atoms with Crippen molar-refractivity contribution in [1.29, 1.82) is 0 Å². The van der Waals surface area contributed by atoms with Gasteiger partial charge in [0.2, 0.25) is 0 Å². The third-order valence-electron chi connectivity index (χ3n) is 5.84. The van der Waals surface area contributed by atoms with Crippen molar-refractivity contribution in [1.82, 2.24) is 4.90 Å². The Bertz CT molecular complexity index is 824. The molecule has 1 aromatic heterocycles. The van der Waals surface area contributed by atoms with Crippen LogP contribution >= 0.6 is 0 Å². The first kappa shape index (κ1) is 15.9. The largest absolute Gasteiger partial charge is 0.462 e. The maximum absolute atomic E-state index is 13.2. The first-order chi connectivity index (χ1) is 12.7. The Balaban J connectivity index is 1.47. The van der Waals surface area contributed by atoms with Gasteiger partial charge in [0, 0.05) is 24.8 Å². The monoisotopic (exact) mass is 352 g/mol. The van der Waals surface area contributed by atoms with Crippen molar-refractivity contribution in [3.8, 4) is 0 Å². The normalized spacial score (nSPS) is 30.2. The molecule has 26 heavy (non-hydrogen) atoms. The minimum absolute atomic E-state index is 0.0394. The lowest BCUT2D eigenvalue weighted by atomic mass is 10.1. The Morgan fingerprint density at radius 2 is 2.00 bits per heavy atom. The summed E-state index contributed by atoms with van der Waals surface area (Å²) < 4.78 is 12.0. The van der Waals surface area contributed by atoms with E-state index < -0.39 is 0 Å². The number of carbonyl (C=O) groups excluding carboxylic acids is 1. The number of furan rings is 1. The van der Waals surface area contributed by atoms with Crippen molar-refractivity contribution in [3.05, 3.63) is 53.5 Å². The van der Waals surface area contributed by atoms with Crippen LogP contribution < -0.4 is 5.32 Å². The first-order valence-corrected chi connectivity index (χ1v) is 9.58. The summed E-state index contributed by atoms with van der Waals surface area (Å²) in [5.74, 6) is 3.11. The third-order valence-corrected chi connectivity index (χ3v) is 5.84. The number of fused-ring (bicyclic) bond motifs is 1. The van der Waals surface area contributed by atoms with Gasteiger partial charge in [-0.1, -0.05) is 19.1 Å². The van der Waals surface area contributed by atoms with Crippen molar-refractivity contribution >= 4 is 11.6 Å². The zero-order valence-electron chi connectivity index (χ0n) is 15.0. The minimum atomic E-state index is -0.288. The van der Waals surface area contributed by atoms with E-state index in [9.17, 15) is 4.79 Å². The van der Waals surface area contributed by atoms with Gasteiger partial charge in [0.05, 0.1) is 11.7 Å². The second kappa shape index (κ2) is 6.16. The van der Waals surface area contributed by atoms with Crippen LogP contribution in [0, 0.1) is 5.92 Å². The van der Waals surface area contributed by atoms with Crippen LogP contribution in [0.4, 0.5) is 5.69 Å². The lowest BCUT2D eigenvalue weighted by Gasteiger charge is -2.37. The molecule has 0 unspecified atom stereocenters. The fraction of sp³-hybridized carbons (Fsp3) is 0.476. The van der Waals surface area contributed by atoms with Gasteiger partial charge in [0.1, 0.15) is 11.5 Å². The van der Waals surface area contributed by atoms with Crippen molar-refractivity contribution < 1.29 is 13.9 Å². The second-order valence-corrected chi connectivity index (χ2v) is 7.74. The first-order valence-electron chi connectivity index (χ1n) is 9.58. The van der Waals surface area contributed by atoms with Crippen molar-refractivity contribution in [2.24, 2.45) is 5.92 Å². The minimum Gasteiger partial charge on any atom is -0.462 e. The molecule has 2 aliphatic heterocycles. The van der Waals surface area contributed by atoms with Gasteiger partial charge in [0.15, 0.2) is 6.17 Å². The quantitative estimate of drug-likeness (QED) is 0.898. The topological polar surface area (TPSA) is 54.7 Å². The SMILES string of the molecule is C[C@@H]1C[C@@H]1c1ccc([C@H]2Nc3ccccc3C(=O)N2C[C@@H]2CCCO2)o1. The molecule has 2 aromatic rings. The Labute approximate surface area is 153 Å². The van der Waals surface area contributed by atoms with Crippen LogP contribution in [0.25, 0.3) is 0 Å². The predicted octanol–water partition coefficient (Wildman–Crippen LogP) is 4.15. The van der Waals surface area contributed by atoms with Gasteiger partial charge < -0.3 is 19.4 Å². The molecule has 4 atom stereocenters. The average molecular weight is 352 g/mol. The smallest absolute Gasteiger partial charge is 0.258 e. The number of anilines is 1. The molecule has 0 radical (unpaired) electrons. The van der Waals surface area contributed by atoms with Gasteiger partial charge in [-0.3, -0.25) is 4.79 Å². The zero-order valence-corrected chi connectivity index (χ0v) is 15.0. The number of hydrogen-bond donors (Lipinski definition) is 1. The van der Waals surface area contributed by atoms with Crippen molar-refractivity contribution in [2.75, 3.05) is 18.5 Å². The number of ether oxygens (including phenoxy) is 1. The number of nitrogens with one attached hydrogen (secondary N) is 1. The molecule has 3 aliphatic rings. The summed E-state index contributed by atoms with van der Waals surface area (Å²) in [6, 6.07) is 11.8. The summed E-state index contributed by atoms with van der Waals surface area (Å²) in [4.78, 5) is 15.1. The Morgan fingerprint density at radius 3 is 2.77 bits per heavy atom. The van der Waals surface area contributed by atoms with Crippen LogP contribution in [0.3, 0.4) is 0 Å². The lowest BCUT2D eigenvalue weighted by molar-refractivity contribution is 0.0401. The van der Waals surface area contributed by atoms with Crippen LogP contribution in [-0.4, -0.2) is 30.1 Å². The molecule has 1 aromatic carbocycles. The number of carbonyl (C=O) groups is 1. The van der Waals surface area contributed by atoms with Crippen LogP contribution in [-0.2, 0) is 4.74 Å². The van der Waals surface area contributed by atoms with Gasteiger partial charge in [-0.2, -0.15) is 0 Å². The van der Waals surface area contributed by atoms with Gasteiger partial charge in [-0.15, -0.1) is 0 Å². The van der Waals surface area contributed by atoms with Gasteiger partial charge in [-0.25, -0.2) is 0 Å². The van der Waals surface area contributed by atoms with E-state index in [0.29, 0.717) is 23.9 Å². The molecular formula is C21H24N2O3. The zero-order chi connectivity index (χ0) is 17.7. The highest BCUT2D eigenvalue weighted by molar-refractivity contribution is 6.01. The molecule has 1 amide bonds. The van der Waals surface area contributed by atoms with Crippen molar-refractivity contribution in [3.63, 3.8) is 0 Å². The molecule has 0 bridgehead atoms. The fourth-order valence-corrected chi connectivity index (χ4v) is 4.15. The number of nitrogens with zero attached hydrogens (tertiary/aromatic N) is 1. The highest BCUT2D eigenvalue weighted by Crippen LogP contribution is 2.48. The Kier molecular flexibility index (Phi) is 3.78. The molecule has 5 heteroatoms. The highest BCUT2D eigenvalue weighted by atomic mass is 16.5. The summed E-state index contributed by atoms with van der Waals surface area (Å²) in [7, 11) is 0. The van der Waals surface area contributed by atoms with E-state index >= 15 is 0 Å². The van der Waals surface area contributed by atoms with E-state index in [-0.39, 0.29) is 18.2 Å². The second-order valence-electron chi connectivity index (χ2n) is 7.74. The van der Waals surface area contributed by atoms with E-state index in [1.54, 1.807) is 0 Å². The maximum atomic E-state index is 13.2. The summed E-state index contributed by atoms with van der Waals surface area (Å²) in [6.07, 6.45) is 3.06. The summed E-state index contributed by atoms with van der Waals surface area (Å²) >= 11 is 0. The molecule has 1 saturated heterocycles. The van der Waals surface area contributed by atoms with Crippen molar-refractivity contribution in [2.45, 2.75) is 44.4 Å². The maximum Gasteiger partial charge on any atom is 0.258 e. The number of amides is 1. The average Bonchev–Trinajstić information content (AvgIpc) is 3.08. The molecule has 5 rings (SSSR count). The van der Waals surface area contributed by atoms with Crippen LogP contribution in [0.2, 0.25) is 0 Å². The summed E-state index contributed by atoms with van der Waals surface area (Å²) in [5, 5.41) is 3.51. The fourth-order valence-electron chi connectivity index (χ4n) is 4.15. The third kappa shape index (κ3) is 2.71. The number of hydrogen-bond acceptors (Lipinski definition) is 4. The molecule has 3 heterocycles. The van der Waals surface area contributed by atoms with Crippen LogP contribution in [0.15, 0.2) is 40.8 Å². The predicted molar refractivity (Wildman–Crippen MR) is 98.0 cm³/mol. The molecule has 1 saturated carbocycles. The molecular weight excluding hydrogens is 328 g/mol. The molecule has 1 aliphatic carbocycles. The van der Waals surface area contributed by atoms with Crippen LogP contribution in [0.1, 0.15) is 60.1 Å². The molecule has 5 nitrogen and oxygen atoms in total. The number of benzene rings is 1. The van der Waals surface area contributed by atoms with E-state index in [2.05, 4.69) is 18.3 Å². The Hall–Kier alpha value is -2.27. The van der Waals surface area contributed by atoms with Gasteiger partial charge in [0.25, 0.3) is 5.91 Å². The standard InChI is InChI=1S/C21H24N2O3/c1-13-11-16(13)18-8-9-19(26-18)20-22-17-7-3-2-6-15(17)21(24)23(20)12-14-5-4-10-25-14/h2-3,6-9,13-14,16,20,22H,4-5,10-12H2,1H3/t13-,14+,16+,20+/m1/s1. The van der Waals surface area contributed by atoms with Gasteiger partial charge in [-0.05, 0) is 49.4 Å². The summed E-state index contributed by atoms with van der Waals surface area (Å²) in [6.45, 7) is 3.61. The lowest BCUT2D eigenvalue weighted by Crippen LogP contribution is -2.46. The van der Waals surface area contributed by atoms with E-state index in [4.69, 9.17) is 9.15 Å². The van der Waals surface area contributed by atoms with E-state index in [0.717, 1.165) is 36.7 Å². The molecule has 2 fully saturated rings. The molecule has 0 spiro atoms. The summed E-state index contributed by atoms with van der Waals surface area (Å²) in [5.41, 5.74) is 1.58. The Morgan fingerprint density at radius 1 is 1.19 bits per heavy atom. The number of para-hydroxylation sites is 1. The van der Waals surface area contributed by atoms with Crippen LogP contribution in [0.5, 0.6) is 0 Å². The molecule has 136 valence electrons. The molecule has 1 N–H and O–H groups in total.